The molecule has 0 radical (unpaired) electrons. The van der Waals surface area contributed by atoms with Crippen LogP contribution in [0.5, 0.6) is 0 Å². The van der Waals surface area contributed by atoms with E-state index in [1.165, 1.54) is 25.7 Å². The van der Waals surface area contributed by atoms with Crippen LogP contribution in [0.25, 0.3) is 0 Å². The van der Waals surface area contributed by atoms with Gasteiger partial charge in [0.1, 0.15) is 12.6 Å². The highest BCUT2D eigenvalue weighted by Gasteiger charge is 2.26. The molecule has 0 unspecified atom stereocenters. The highest BCUT2D eigenvalue weighted by molar-refractivity contribution is 5.91. The zero-order chi connectivity index (χ0) is 19.2. The molecular weight excluding hydrogens is 322 g/mol. The van der Waals surface area contributed by atoms with Gasteiger partial charge in [0.05, 0.1) is 6.04 Å². The molecule has 0 saturated carbocycles. The molecule has 0 bridgehead atoms. The van der Waals surface area contributed by atoms with E-state index in [2.05, 4.69) is 22.9 Å². The lowest BCUT2D eigenvalue weighted by Crippen LogP contribution is -2.54. The fraction of sp³-hybridized carbons (Fsp3) is 0.833. The molecule has 0 aliphatic carbocycles. The van der Waals surface area contributed by atoms with E-state index in [9.17, 15) is 14.4 Å². The third kappa shape index (κ3) is 11.5. The maximum atomic E-state index is 12.2. The molecule has 146 valence electrons. The van der Waals surface area contributed by atoms with Crippen LogP contribution in [-0.4, -0.2) is 48.1 Å². The minimum atomic E-state index is -1.11. The zero-order valence-electron chi connectivity index (χ0n) is 16.1. The maximum Gasteiger partial charge on any atom is 0.322 e. The molecule has 4 N–H and O–H groups in total. The highest BCUT2D eigenvalue weighted by Crippen LogP contribution is 2.05. The van der Waals surface area contributed by atoms with Crippen molar-refractivity contribution in [2.24, 2.45) is 5.92 Å². The molecule has 0 aromatic heterocycles. The average Bonchev–Trinajstić information content (AvgIpc) is 2.55. The quantitative estimate of drug-likeness (QED) is 0.354. The van der Waals surface area contributed by atoms with E-state index in [1.807, 2.05) is 0 Å². The first-order valence-electron chi connectivity index (χ1n) is 9.32. The average molecular weight is 357 g/mol. The molecule has 25 heavy (non-hydrogen) atoms. The van der Waals surface area contributed by atoms with Gasteiger partial charge in [0.2, 0.25) is 11.8 Å². The number of rotatable bonds is 14. The van der Waals surface area contributed by atoms with Gasteiger partial charge in [-0.2, -0.15) is 0 Å². The van der Waals surface area contributed by atoms with Gasteiger partial charge in [0, 0.05) is 0 Å². The van der Waals surface area contributed by atoms with E-state index in [0.29, 0.717) is 0 Å². The van der Waals surface area contributed by atoms with Crippen molar-refractivity contribution in [3.05, 3.63) is 0 Å². The van der Waals surface area contributed by atoms with Gasteiger partial charge < -0.3 is 21.1 Å². The minimum absolute atomic E-state index is 0.136. The fourth-order valence-electron chi connectivity index (χ4n) is 2.40. The van der Waals surface area contributed by atoms with Crippen molar-refractivity contribution in [3.63, 3.8) is 0 Å². The normalized spacial score (nSPS) is 13.3. The lowest BCUT2D eigenvalue weighted by atomic mass is 10.0. The largest absolute Gasteiger partial charge is 0.480 e. The Morgan fingerprint density at radius 2 is 1.52 bits per heavy atom. The molecule has 2 amide bonds. The van der Waals surface area contributed by atoms with Crippen molar-refractivity contribution in [1.29, 1.82) is 0 Å². The zero-order valence-corrected chi connectivity index (χ0v) is 16.1. The molecule has 0 spiro atoms. The molecule has 0 aliphatic rings. The second-order valence-electron chi connectivity index (χ2n) is 6.79. The molecule has 0 saturated heterocycles. The van der Waals surface area contributed by atoms with Gasteiger partial charge in [-0.15, -0.1) is 0 Å². The second kappa shape index (κ2) is 13.6. The number of hydrogen-bond acceptors (Lipinski definition) is 4. The summed E-state index contributed by atoms with van der Waals surface area (Å²) >= 11 is 0. The number of amides is 2. The molecule has 7 nitrogen and oxygen atoms in total. The third-order valence-corrected chi connectivity index (χ3v) is 4.03. The van der Waals surface area contributed by atoms with Gasteiger partial charge >= 0.3 is 5.97 Å². The first-order valence-corrected chi connectivity index (χ1v) is 9.32. The summed E-state index contributed by atoms with van der Waals surface area (Å²) in [7, 11) is 0. The molecule has 7 heteroatoms. The van der Waals surface area contributed by atoms with Crippen molar-refractivity contribution in [2.45, 2.75) is 78.3 Å². The van der Waals surface area contributed by atoms with Crippen LogP contribution in [0.4, 0.5) is 0 Å². The van der Waals surface area contributed by atoms with Gasteiger partial charge in [0.25, 0.3) is 0 Å². The van der Waals surface area contributed by atoms with Crippen molar-refractivity contribution in [3.8, 4) is 0 Å². The fourth-order valence-corrected chi connectivity index (χ4v) is 2.40. The van der Waals surface area contributed by atoms with Crippen LogP contribution in [0.2, 0.25) is 0 Å². The first-order chi connectivity index (χ1) is 11.8. The van der Waals surface area contributed by atoms with Crippen molar-refractivity contribution in [2.75, 3.05) is 13.1 Å². The van der Waals surface area contributed by atoms with Gasteiger partial charge in [-0.3, -0.25) is 14.4 Å². The number of aliphatic carboxylic acids is 1. The van der Waals surface area contributed by atoms with Gasteiger partial charge in [-0.05, 0) is 25.8 Å². The molecule has 0 aliphatic heterocycles. The molecule has 0 fully saturated rings. The lowest BCUT2D eigenvalue weighted by molar-refractivity contribution is -0.138. The Hall–Kier alpha value is -1.63. The Bertz CT molecular complexity index is 413. The molecule has 0 aromatic carbocycles. The van der Waals surface area contributed by atoms with Gasteiger partial charge in [-0.25, -0.2) is 0 Å². The Morgan fingerprint density at radius 1 is 0.920 bits per heavy atom. The summed E-state index contributed by atoms with van der Waals surface area (Å²) in [5, 5.41) is 16.8. The van der Waals surface area contributed by atoms with E-state index in [-0.39, 0.29) is 11.8 Å². The predicted octanol–water partition coefficient (Wildman–Crippen LogP) is 1.67. The summed E-state index contributed by atoms with van der Waals surface area (Å²) in [6.07, 6.45) is 7.14. The molecule has 0 heterocycles. The van der Waals surface area contributed by atoms with Crippen LogP contribution in [-0.2, 0) is 14.4 Å². The second-order valence-corrected chi connectivity index (χ2v) is 6.79. The Kier molecular flexibility index (Phi) is 12.7. The smallest absolute Gasteiger partial charge is 0.322 e. The molecule has 0 aromatic rings. The number of carbonyl (C=O) groups is 3. The topological polar surface area (TPSA) is 108 Å². The summed E-state index contributed by atoms with van der Waals surface area (Å²) in [6.45, 7) is 7.87. The molecular formula is C18H35N3O4. The van der Waals surface area contributed by atoms with Crippen molar-refractivity contribution >= 4 is 17.8 Å². The Balaban J connectivity index is 4.18. The summed E-state index contributed by atoms with van der Waals surface area (Å²) in [5.41, 5.74) is 0. The van der Waals surface area contributed by atoms with E-state index in [0.717, 1.165) is 19.4 Å². The number of hydrogen-bond donors (Lipinski definition) is 4. The van der Waals surface area contributed by atoms with E-state index < -0.39 is 30.5 Å². The predicted molar refractivity (Wildman–Crippen MR) is 98.3 cm³/mol. The molecule has 2 atom stereocenters. The van der Waals surface area contributed by atoms with E-state index in [1.54, 1.807) is 20.8 Å². The maximum absolute atomic E-state index is 12.2. The van der Waals surface area contributed by atoms with Crippen LogP contribution in [0.3, 0.4) is 0 Å². The summed E-state index contributed by atoms with van der Waals surface area (Å²) in [6, 6.07) is -1.14. The number of carboxylic acids is 1. The van der Waals surface area contributed by atoms with Crippen LogP contribution in [0.1, 0.15) is 66.2 Å². The minimum Gasteiger partial charge on any atom is -0.480 e. The SMILES string of the molecule is CCCCCCCCN[C@@H](C)C(=O)N[C@H](C(=O)NCC(=O)O)C(C)C. The van der Waals surface area contributed by atoms with E-state index >= 15 is 0 Å². The Labute approximate surface area is 151 Å². The van der Waals surface area contributed by atoms with E-state index in [4.69, 9.17) is 5.11 Å². The van der Waals surface area contributed by atoms with Crippen molar-refractivity contribution in [1.82, 2.24) is 16.0 Å². The van der Waals surface area contributed by atoms with Crippen LogP contribution in [0.15, 0.2) is 0 Å². The summed E-state index contributed by atoms with van der Waals surface area (Å²) < 4.78 is 0. The first kappa shape index (κ1) is 23.4. The van der Waals surface area contributed by atoms with Crippen LogP contribution < -0.4 is 16.0 Å². The third-order valence-electron chi connectivity index (χ3n) is 4.03. The Morgan fingerprint density at radius 3 is 2.08 bits per heavy atom. The van der Waals surface area contributed by atoms with Gasteiger partial charge in [0.15, 0.2) is 0 Å². The summed E-state index contributed by atoms with van der Waals surface area (Å²) in [5.74, 6) is -1.98. The highest BCUT2D eigenvalue weighted by atomic mass is 16.4. The molecule has 0 rings (SSSR count). The number of carbonyl (C=O) groups excluding carboxylic acids is 2. The number of carboxylic acid groups (broad SMARTS) is 1. The van der Waals surface area contributed by atoms with Crippen LogP contribution in [0, 0.1) is 5.92 Å². The number of nitrogens with one attached hydrogen (secondary N) is 3. The van der Waals surface area contributed by atoms with Crippen LogP contribution >= 0.6 is 0 Å². The van der Waals surface area contributed by atoms with Crippen molar-refractivity contribution < 1.29 is 19.5 Å². The standard InChI is InChI=1S/C18H35N3O4/c1-5-6-7-8-9-10-11-19-14(4)17(24)21-16(13(2)3)18(25)20-12-15(22)23/h13-14,16,19H,5-12H2,1-4H3,(H,20,25)(H,21,24)(H,22,23)/t14-,16-/m0/s1. The number of unbranched alkanes of at least 4 members (excludes halogenated alkanes) is 5. The summed E-state index contributed by atoms with van der Waals surface area (Å²) in [4.78, 5) is 34.8. The monoisotopic (exact) mass is 357 g/mol. The van der Waals surface area contributed by atoms with Gasteiger partial charge in [-0.1, -0.05) is 52.9 Å². The lowest BCUT2D eigenvalue weighted by Gasteiger charge is -2.23.